The lowest BCUT2D eigenvalue weighted by Crippen LogP contribution is -2.42. The minimum Gasteiger partial charge on any atom is -0.388 e. The summed E-state index contributed by atoms with van der Waals surface area (Å²) in [6.07, 6.45) is -11.2. The predicted molar refractivity (Wildman–Crippen MR) is 115 cm³/mol. The predicted octanol–water partition coefficient (Wildman–Crippen LogP) is 2.04. The lowest BCUT2D eigenvalue weighted by Gasteiger charge is -2.31. The van der Waals surface area contributed by atoms with Gasteiger partial charge in [0.25, 0.3) is 12.0 Å². The summed E-state index contributed by atoms with van der Waals surface area (Å²) < 4.78 is 116. The number of halogens is 2. The van der Waals surface area contributed by atoms with Gasteiger partial charge in [0.05, 0.1) is 23.4 Å². The molecule has 0 spiro atoms. The van der Waals surface area contributed by atoms with Gasteiger partial charge in [-0.2, -0.15) is 4.98 Å². The third-order valence-electron chi connectivity index (χ3n) is 5.72. The van der Waals surface area contributed by atoms with Gasteiger partial charge in [0.1, 0.15) is 7.02 Å². The number of aromatic nitrogens is 3. The van der Waals surface area contributed by atoms with Crippen molar-refractivity contribution in [1.82, 2.24) is 18.8 Å². The third kappa shape index (κ3) is 4.35. The maximum absolute atomic E-state index is 14.0. The van der Waals surface area contributed by atoms with Gasteiger partial charge in [-0.1, -0.05) is 0 Å². The molecule has 1 saturated heterocycles. The standard InChI is InChI=1S/C20H27F2N5O4S/c1-20(29)7-3-4-15(20)27-17-12(10-14(16(21)22)18(27)28)11-23-19(25-17)24-13-5-8-26(9-6-13)32(2,30)31/h10-11,13,15-16,29H,3-9H2,1-2H3,(H,23,24,25)/i2D3,5D2,6D2,16D. The van der Waals surface area contributed by atoms with Crippen LogP contribution in [-0.4, -0.2) is 63.3 Å². The zero-order valence-electron chi connectivity index (χ0n) is 25.0. The lowest BCUT2D eigenvalue weighted by atomic mass is 9.99. The van der Waals surface area contributed by atoms with Crippen LogP contribution in [0.3, 0.4) is 0 Å². The molecule has 1 saturated carbocycles. The number of pyridine rings is 1. The van der Waals surface area contributed by atoms with Gasteiger partial charge in [-0.3, -0.25) is 9.36 Å². The van der Waals surface area contributed by atoms with Crippen LogP contribution < -0.4 is 10.9 Å². The normalized spacial score (nSPS) is 33.2. The summed E-state index contributed by atoms with van der Waals surface area (Å²) in [4.78, 5) is 21.3. The van der Waals surface area contributed by atoms with Gasteiger partial charge in [0.15, 0.2) is 0 Å². The van der Waals surface area contributed by atoms with E-state index in [0.29, 0.717) is 6.42 Å². The number of nitrogens with one attached hydrogen (secondary N) is 1. The molecular formula is C20H27F2N5O4S. The molecule has 4 rings (SSSR count). The molecule has 2 fully saturated rings. The van der Waals surface area contributed by atoms with Crippen LogP contribution in [0.2, 0.25) is 0 Å². The molecule has 32 heavy (non-hydrogen) atoms. The summed E-state index contributed by atoms with van der Waals surface area (Å²) in [6, 6.07) is -2.07. The lowest BCUT2D eigenvalue weighted by molar-refractivity contribution is 0.0261. The van der Waals surface area contributed by atoms with Crippen LogP contribution in [0, 0.1) is 0 Å². The number of alkyl halides is 2. The monoisotopic (exact) mass is 479 g/mol. The highest BCUT2D eigenvalue weighted by Gasteiger charge is 2.40. The van der Waals surface area contributed by atoms with E-state index in [1.165, 1.54) is 6.92 Å². The molecule has 0 aromatic carbocycles. The molecule has 0 bridgehead atoms. The zero-order valence-corrected chi connectivity index (χ0v) is 17.8. The van der Waals surface area contributed by atoms with E-state index >= 15 is 0 Å². The van der Waals surface area contributed by atoms with Crippen molar-refractivity contribution in [3.63, 3.8) is 0 Å². The summed E-state index contributed by atoms with van der Waals surface area (Å²) in [6.45, 7) is -0.578. The van der Waals surface area contributed by atoms with Crippen molar-refractivity contribution in [2.24, 2.45) is 0 Å². The molecule has 2 aliphatic rings. The fourth-order valence-corrected chi connectivity index (χ4v) is 4.56. The smallest absolute Gasteiger partial charge is 0.269 e. The first-order valence-corrected chi connectivity index (χ1v) is 11.2. The Kier molecular flexibility index (Phi) is 3.86. The number of piperidine rings is 1. The maximum Gasteiger partial charge on any atom is 0.269 e. The van der Waals surface area contributed by atoms with Crippen molar-refractivity contribution in [3.05, 3.63) is 28.2 Å². The average Bonchev–Trinajstić information content (AvgIpc) is 3.12. The summed E-state index contributed by atoms with van der Waals surface area (Å²) in [7, 11) is -5.06. The number of nitrogens with zero attached hydrogens (tertiary/aromatic N) is 4. The van der Waals surface area contributed by atoms with Crippen LogP contribution in [0.4, 0.5) is 14.7 Å². The number of hydrogen-bond donors (Lipinski definition) is 2. The molecule has 3 heterocycles. The van der Waals surface area contributed by atoms with Crippen LogP contribution in [0.15, 0.2) is 17.1 Å². The van der Waals surface area contributed by atoms with Gasteiger partial charge >= 0.3 is 0 Å². The molecule has 2 unspecified atom stereocenters. The molecule has 0 radical (unpaired) electrons. The Bertz CT molecular complexity index is 1480. The minimum atomic E-state index is -5.06. The van der Waals surface area contributed by atoms with E-state index in [1.54, 1.807) is 0 Å². The largest absolute Gasteiger partial charge is 0.388 e. The first kappa shape index (κ1) is 14.9. The Labute approximate surface area is 195 Å². The molecule has 0 amide bonds. The van der Waals surface area contributed by atoms with Crippen LogP contribution >= 0.6 is 0 Å². The Morgan fingerprint density at radius 1 is 1.44 bits per heavy atom. The second-order valence-electron chi connectivity index (χ2n) is 7.99. The number of hydrogen-bond acceptors (Lipinski definition) is 7. The number of rotatable bonds is 5. The molecule has 2 atom stereocenters. The van der Waals surface area contributed by atoms with E-state index in [9.17, 15) is 27.1 Å². The van der Waals surface area contributed by atoms with Crippen molar-refractivity contribution in [1.29, 1.82) is 0 Å². The van der Waals surface area contributed by atoms with Gasteiger partial charge in [-0.25, -0.2) is 26.5 Å². The number of fused-ring (bicyclic) bond motifs is 1. The second-order valence-corrected chi connectivity index (χ2v) is 9.46. The topological polar surface area (TPSA) is 117 Å². The van der Waals surface area contributed by atoms with E-state index in [4.69, 9.17) is 11.0 Å². The van der Waals surface area contributed by atoms with Gasteiger partial charge in [0.2, 0.25) is 16.0 Å². The molecule has 1 aliphatic heterocycles. The number of aliphatic hydroxyl groups is 1. The molecule has 2 aromatic heterocycles. The van der Waals surface area contributed by atoms with Crippen LogP contribution in [-0.2, 0) is 10.0 Å². The summed E-state index contributed by atoms with van der Waals surface area (Å²) in [5, 5.41) is 13.2. The van der Waals surface area contributed by atoms with Gasteiger partial charge in [0, 0.05) is 40.3 Å². The fourth-order valence-electron chi connectivity index (χ4n) is 4.07. The fraction of sp³-hybridized carbons (Fsp3) is 0.650. The quantitative estimate of drug-likeness (QED) is 0.674. The van der Waals surface area contributed by atoms with Crippen LogP contribution in [0.1, 0.15) is 67.9 Å². The summed E-state index contributed by atoms with van der Waals surface area (Å²) >= 11 is 0. The Morgan fingerprint density at radius 2 is 2.16 bits per heavy atom. The Balaban J connectivity index is 1.80. The van der Waals surface area contributed by atoms with Gasteiger partial charge in [-0.15, -0.1) is 0 Å². The summed E-state index contributed by atoms with van der Waals surface area (Å²) in [5.74, 6) is -0.437. The molecule has 2 N–H and O–H groups in total. The van der Waals surface area contributed by atoms with Gasteiger partial charge < -0.3 is 10.4 Å². The van der Waals surface area contributed by atoms with Gasteiger partial charge in [-0.05, 0) is 45.0 Å². The van der Waals surface area contributed by atoms with Crippen molar-refractivity contribution in [2.75, 3.05) is 24.6 Å². The Hall–Kier alpha value is -2.18. The molecule has 12 heteroatoms. The molecular weight excluding hydrogens is 444 g/mol. The van der Waals surface area contributed by atoms with E-state index in [-0.39, 0.29) is 28.2 Å². The second kappa shape index (κ2) is 8.31. The van der Waals surface area contributed by atoms with Crippen molar-refractivity contribution >= 4 is 27.0 Å². The van der Waals surface area contributed by atoms with Crippen LogP contribution in [0.25, 0.3) is 11.0 Å². The van der Waals surface area contributed by atoms with Crippen LogP contribution in [0.5, 0.6) is 0 Å². The van der Waals surface area contributed by atoms with Crippen molar-refractivity contribution < 1.29 is 33.3 Å². The average molecular weight is 480 g/mol. The van der Waals surface area contributed by atoms with E-state index in [2.05, 4.69) is 15.3 Å². The zero-order chi connectivity index (χ0) is 30.3. The molecule has 176 valence electrons. The molecule has 9 nitrogen and oxygen atoms in total. The third-order valence-corrected chi connectivity index (χ3v) is 6.66. The Morgan fingerprint density at radius 3 is 2.75 bits per heavy atom. The molecule has 1 aliphatic carbocycles. The number of anilines is 1. The first-order valence-electron chi connectivity index (χ1n) is 13.8. The number of sulfonamides is 1. The van der Waals surface area contributed by atoms with E-state index < -0.39 is 83.2 Å². The minimum absolute atomic E-state index is 0.0978. The summed E-state index contributed by atoms with van der Waals surface area (Å²) in [5.41, 5.74) is -4.15. The molecule has 2 aromatic rings. The van der Waals surface area contributed by atoms with Crippen molar-refractivity contribution in [2.45, 2.75) is 63.0 Å². The van der Waals surface area contributed by atoms with E-state index in [0.717, 1.165) is 16.8 Å². The maximum atomic E-state index is 14.0. The highest BCUT2D eigenvalue weighted by atomic mass is 32.2. The van der Waals surface area contributed by atoms with Crippen molar-refractivity contribution in [3.8, 4) is 0 Å². The SMILES string of the molecule is [2H]C(F)(F)c1cc2cnc(NC3C([2H])([2H])CN(S(=O)(=O)C([2H])([2H])[2H])CC3([2H])[2H])nc2n(C2CCCC2(C)O)c1=O. The highest BCUT2D eigenvalue weighted by molar-refractivity contribution is 7.88. The first-order chi connectivity index (χ1) is 18.0. The highest BCUT2D eigenvalue weighted by Crippen LogP contribution is 2.39. The van der Waals surface area contributed by atoms with E-state index in [1.807, 2.05) is 0 Å².